The first-order valence-corrected chi connectivity index (χ1v) is 11.3. The predicted molar refractivity (Wildman–Crippen MR) is 117 cm³/mol. The number of hydrogen-bond acceptors (Lipinski definition) is 7. The lowest BCUT2D eigenvalue weighted by Crippen LogP contribution is -2.31. The number of aryl methyl sites for hydroxylation is 1. The Kier molecular flexibility index (Phi) is 5.06. The van der Waals surface area contributed by atoms with Crippen LogP contribution in [0.4, 0.5) is 0 Å². The van der Waals surface area contributed by atoms with Crippen LogP contribution in [0.1, 0.15) is 24.2 Å². The van der Waals surface area contributed by atoms with E-state index in [1.165, 1.54) is 18.2 Å². The topological polar surface area (TPSA) is 124 Å². The van der Waals surface area contributed by atoms with Crippen molar-refractivity contribution in [1.82, 2.24) is 19.7 Å². The Morgan fingerprint density at radius 1 is 1.19 bits per heavy atom. The van der Waals surface area contributed by atoms with Crippen molar-refractivity contribution < 1.29 is 12.6 Å². The molecule has 1 unspecified atom stereocenters. The molecule has 0 radical (unpaired) electrons. The fourth-order valence-corrected chi connectivity index (χ4v) is 3.94. The van der Waals surface area contributed by atoms with Crippen molar-refractivity contribution >= 4 is 43.5 Å². The largest absolute Gasteiger partial charge is 0.358 e. The molecule has 3 aromatic heterocycles. The molecule has 1 N–H and O–H groups in total. The minimum atomic E-state index is -4.01. The SMILES string of the molecule is Cc1cc(C(C)n2nc(OS(C)(=O)=O)c3[nH]c4cc(Cl)ccc4c(=O)c3c2=O)ccn1. The Hall–Kier alpha value is -3.24. The van der Waals surface area contributed by atoms with Gasteiger partial charge in [0.2, 0.25) is 5.43 Å². The zero-order chi connectivity index (χ0) is 22.5. The first kappa shape index (κ1) is 21.0. The van der Waals surface area contributed by atoms with Crippen molar-refractivity contribution in [3.8, 4) is 5.88 Å². The monoisotopic (exact) mass is 460 g/mol. The Balaban J connectivity index is 2.11. The van der Waals surface area contributed by atoms with E-state index < -0.39 is 33.0 Å². The van der Waals surface area contributed by atoms with Crippen LogP contribution in [0.25, 0.3) is 21.8 Å². The van der Waals surface area contributed by atoms with Gasteiger partial charge in [0.15, 0.2) is 0 Å². The van der Waals surface area contributed by atoms with E-state index in [9.17, 15) is 18.0 Å². The summed E-state index contributed by atoms with van der Waals surface area (Å²) in [6, 6.07) is 7.37. The van der Waals surface area contributed by atoms with Gasteiger partial charge in [-0.3, -0.25) is 14.6 Å². The highest BCUT2D eigenvalue weighted by Crippen LogP contribution is 2.25. The van der Waals surface area contributed by atoms with Crippen molar-refractivity contribution in [2.75, 3.05) is 6.26 Å². The van der Waals surface area contributed by atoms with E-state index in [-0.39, 0.29) is 16.3 Å². The average Bonchev–Trinajstić information content (AvgIpc) is 2.68. The maximum Gasteiger partial charge on any atom is 0.307 e. The third-order valence-electron chi connectivity index (χ3n) is 4.80. The van der Waals surface area contributed by atoms with Gasteiger partial charge in [-0.2, -0.15) is 8.42 Å². The van der Waals surface area contributed by atoms with Gasteiger partial charge >= 0.3 is 10.1 Å². The van der Waals surface area contributed by atoms with E-state index in [0.29, 0.717) is 16.1 Å². The summed E-state index contributed by atoms with van der Waals surface area (Å²) in [5.74, 6) is -0.409. The number of aromatic nitrogens is 4. The first-order chi connectivity index (χ1) is 14.5. The molecule has 0 amide bonds. The van der Waals surface area contributed by atoms with Crippen LogP contribution in [0.5, 0.6) is 5.88 Å². The third-order valence-corrected chi connectivity index (χ3v) is 5.49. The molecule has 0 bridgehead atoms. The van der Waals surface area contributed by atoms with E-state index in [1.807, 2.05) is 0 Å². The molecule has 0 saturated heterocycles. The van der Waals surface area contributed by atoms with Crippen LogP contribution in [0, 0.1) is 6.92 Å². The zero-order valence-electron chi connectivity index (χ0n) is 16.7. The molecule has 0 aliphatic heterocycles. The summed E-state index contributed by atoms with van der Waals surface area (Å²) in [5, 5.41) is 4.46. The molecule has 9 nitrogen and oxygen atoms in total. The molecular weight excluding hydrogens is 444 g/mol. The second kappa shape index (κ2) is 7.47. The van der Waals surface area contributed by atoms with Gasteiger partial charge in [0.05, 0.1) is 17.8 Å². The van der Waals surface area contributed by atoms with E-state index in [1.54, 1.807) is 32.2 Å². The molecule has 0 aliphatic carbocycles. The van der Waals surface area contributed by atoms with Gasteiger partial charge in [0.25, 0.3) is 11.4 Å². The van der Waals surface area contributed by atoms with Crippen molar-refractivity contribution in [3.05, 3.63) is 73.4 Å². The highest BCUT2D eigenvalue weighted by Gasteiger charge is 2.23. The summed E-state index contributed by atoms with van der Waals surface area (Å²) in [6.45, 7) is 3.50. The molecule has 0 saturated carbocycles. The van der Waals surface area contributed by atoms with Gasteiger partial charge in [0.1, 0.15) is 10.9 Å². The summed E-state index contributed by atoms with van der Waals surface area (Å²) >= 11 is 6.01. The fourth-order valence-electron chi connectivity index (χ4n) is 3.37. The Morgan fingerprint density at radius 3 is 2.61 bits per heavy atom. The van der Waals surface area contributed by atoms with Crippen LogP contribution in [-0.4, -0.2) is 34.4 Å². The maximum atomic E-state index is 13.3. The van der Waals surface area contributed by atoms with Gasteiger partial charge < -0.3 is 9.17 Å². The number of nitrogens with zero attached hydrogens (tertiary/aromatic N) is 3. The normalized spacial score (nSPS) is 12.9. The minimum absolute atomic E-state index is 0.121. The second-order valence-corrected chi connectivity index (χ2v) is 9.15. The van der Waals surface area contributed by atoms with E-state index in [4.69, 9.17) is 15.8 Å². The number of nitrogens with one attached hydrogen (secondary N) is 1. The molecule has 0 aliphatic rings. The average molecular weight is 461 g/mol. The molecule has 0 spiro atoms. The molecule has 1 atom stereocenters. The van der Waals surface area contributed by atoms with Crippen LogP contribution in [0.15, 0.2) is 46.1 Å². The number of H-pyrrole nitrogens is 1. The lowest BCUT2D eigenvalue weighted by atomic mass is 10.1. The molecule has 11 heteroatoms. The Bertz CT molecular complexity index is 1580. The highest BCUT2D eigenvalue weighted by atomic mass is 35.5. The molecule has 31 heavy (non-hydrogen) atoms. The highest BCUT2D eigenvalue weighted by molar-refractivity contribution is 7.86. The number of halogens is 1. The molecular formula is C20H17ClN4O5S. The van der Waals surface area contributed by atoms with E-state index in [2.05, 4.69) is 15.1 Å². The Morgan fingerprint density at radius 2 is 1.94 bits per heavy atom. The number of benzene rings is 1. The lowest BCUT2D eigenvalue weighted by Gasteiger charge is -2.17. The van der Waals surface area contributed by atoms with Crippen molar-refractivity contribution in [2.24, 2.45) is 0 Å². The van der Waals surface area contributed by atoms with Gasteiger partial charge in [-0.05, 0) is 49.7 Å². The van der Waals surface area contributed by atoms with Gasteiger partial charge in [-0.25, -0.2) is 4.68 Å². The number of pyridine rings is 2. The van der Waals surface area contributed by atoms with Crippen LogP contribution in [0.2, 0.25) is 5.02 Å². The molecule has 4 aromatic rings. The third kappa shape index (κ3) is 3.91. The number of aromatic amines is 1. The summed E-state index contributed by atoms with van der Waals surface area (Å²) in [4.78, 5) is 33.5. The predicted octanol–water partition coefficient (Wildman–Crippen LogP) is 2.54. The van der Waals surface area contributed by atoms with Crippen molar-refractivity contribution in [3.63, 3.8) is 0 Å². The summed E-state index contributed by atoms with van der Waals surface area (Å²) in [5.41, 5.74) is 0.362. The van der Waals surface area contributed by atoms with Crippen LogP contribution in [-0.2, 0) is 10.1 Å². The van der Waals surface area contributed by atoms with Crippen LogP contribution < -0.4 is 15.2 Å². The van der Waals surface area contributed by atoms with Crippen LogP contribution >= 0.6 is 11.6 Å². The molecule has 3 heterocycles. The van der Waals surface area contributed by atoms with Gasteiger partial charge in [-0.1, -0.05) is 11.6 Å². The maximum absolute atomic E-state index is 13.3. The minimum Gasteiger partial charge on any atom is -0.358 e. The van der Waals surface area contributed by atoms with Crippen molar-refractivity contribution in [2.45, 2.75) is 19.9 Å². The first-order valence-electron chi connectivity index (χ1n) is 9.15. The summed E-state index contributed by atoms with van der Waals surface area (Å²) in [7, 11) is -4.01. The van der Waals surface area contributed by atoms with Gasteiger partial charge in [0, 0.05) is 22.3 Å². The number of hydrogen-bond donors (Lipinski definition) is 1. The molecule has 1 aromatic carbocycles. The smallest absolute Gasteiger partial charge is 0.307 e. The molecule has 0 fully saturated rings. The van der Waals surface area contributed by atoms with Crippen molar-refractivity contribution in [1.29, 1.82) is 0 Å². The lowest BCUT2D eigenvalue weighted by molar-refractivity contribution is 0.451. The molecule has 160 valence electrons. The number of rotatable bonds is 4. The quantitative estimate of drug-likeness (QED) is 0.366. The van der Waals surface area contributed by atoms with E-state index in [0.717, 1.165) is 16.6 Å². The van der Waals surface area contributed by atoms with E-state index >= 15 is 0 Å². The zero-order valence-corrected chi connectivity index (χ0v) is 18.3. The second-order valence-electron chi connectivity index (χ2n) is 7.14. The van der Waals surface area contributed by atoms with Gasteiger partial charge in [-0.15, -0.1) is 5.10 Å². The summed E-state index contributed by atoms with van der Waals surface area (Å²) in [6.07, 6.45) is 2.44. The standard InChI is InChI=1S/C20H17ClN4O5S/c1-10-8-12(6-7-22-10)11(2)25-20(27)16-17(19(24-25)30-31(3,28)29)23-15-9-13(21)4-5-14(15)18(16)26/h4-9,11H,1-3H3,(H,23,26). The Labute approximate surface area is 181 Å². The summed E-state index contributed by atoms with van der Waals surface area (Å²) < 4.78 is 29.8. The fraction of sp³-hybridized carbons (Fsp3) is 0.200. The molecule has 4 rings (SSSR count). The number of fused-ring (bicyclic) bond motifs is 2. The van der Waals surface area contributed by atoms with Crippen LogP contribution in [0.3, 0.4) is 0 Å².